The van der Waals surface area contributed by atoms with Gasteiger partial charge in [0.05, 0.1) is 25.7 Å². The number of hydrogen-bond donors (Lipinski definition) is 2. The summed E-state index contributed by atoms with van der Waals surface area (Å²) < 4.78 is 6.53. The Morgan fingerprint density at radius 3 is 3.24 bits per heavy atom. The Labute approximate surface area is 113 Å². The summed E-state index contributed by atoms with van der Waals surface area (Å²) in [4.78, 5) is 12.8. The van der Waals surface area contributed by atoms with E-state index < -0.39 is 0 Å². The number of rotatable bonds is 4. The molecule has 2 N–H and O–H groups in total. The highest BCUT2D eigenvalue weighted by Gasteiger charge is 2.17. The first-order valence-corrected chi connectivity index (χ1v) is 7.24. The van der Waals surface area contributed by atoms with Crippen molar-refractivity contribution in [3.63, 3.8) is 0 Å². The van der Waals surface area contributed by atoms with Crippen molar-refractivity contribution in [3.8, 4) is 0 Å². The molecule has 0 saturated carbocycles. The predicted octanol–water partition coefficient (Wildman–Crippen LogP) is 1.51. The minimum absolute atomic E-state index is 0.00975. The van der Waals surface area contributed by atoms with Gasteiger partial charge in [-0.05, 0) is 27.4 Å². The molecule has 1 atom stereocenters. The number of amides is 1. The van der Waals surface area contributed by atoms with Crippen LogP contribution in [-0.4, -0.2) is 31.7 Å². The molecule has 1 fully saturated rings. The highest BCUT2D eigenvalue weighted by molar-refractivity contribution is 9.10. The zero-order valence-corrected chi connectivity index (χ0v) is 11.8. The molecule has 1 aromatic rings. The van der Waals surface area contributed by atoms with Crippen LogP contribution < -0.4 is 10.6 Å². The van der Waals surface area contributed by atoms with Crippen LogP contribution in [0.2, 0.25) is 0 Å². The van der Waals surface area contributed by atoms with Gasteiger partial charge in [0.25, 0.3) is 0 Å². The fraction of sp³-hybridized carbons (Fsp3) is 0.545. The SMILES string of the molecule is O=C(CC1CNCCO1)NCc1sccc1Br. The van der Waals surface area contributed by atoms with Crippen LogP contribution in [0.4, 0.5) is 0 Å². The molecule has 2 heterocycles. The second-order valence-electron chi connectivity index (χ2n) is 3.87. The number of morpholine rings is 1. The molecule has 1 aliphatic heterocycles. The highest BCUT2D eigenvalue weighted by Crippen LogP contribution is 2.22. The van der Waals surface area contributed by atoms with Crippen LogP contribution in [-0.2, 0) is 16.1 Å². The van der Waals surface area contributed by atoms with E-state index in [-0.39, 0.29) is 12.0 Å². The van der Waals surface area contributed by atoms with Gasteiger partial charge in [0.2, 0.25) is 5.91 Å². The van der Waals surface area contributed by atoms with E-state index in [9.17, 15) is 4.79 Å². The molecular weight excluding hydrogens is 304 g/mol. The van der Waals surface area contributed by atoms with Gasteiger partial charge in [0.15, 0.2) is 0 Å². The number of thiophene rings is 1. The number of hydrogen-bond acceptors (Lipinski definition) is 4. The van der Waals surface area contributed by atoms with E-state index in [4.69, 9.17) is 4.74 Å². The van der Waals surface area contributed by atoms with Gasteiger partial charge in [-0.25, -0.2) is 0 Å². The Bertz CT molecular complexity index is 377. The van der Waals surface area contributed by atoms with Gasteiger partial charge in [-0.3, -0.25) is 4.79 Å². The lowest BCUT2D eigenvalue weighted by molar-refractivity contribution is -0.124. The average molecular weight is 319 g/mol. The van der Waals surface area contributed by atoms with Gasteiger partial charge in [-0.15, -0.1) is 11.3 Å². The van der Waals surface area contributed by atoms with Crippen LogP contribution in [0.25, 0.3) is 0 Å². The van der Waals surface area contributed by atoms with Crippen LogP contribution >= 0.6 is 27.3 Å². The Morgan fingerprint density at radius 2 is 2.59 bits per heavy atom. The molecule has 0 aliphatic carbocycles. The van der Waals surface area contributed by atoms with Crippen molar-refractivity contribution < 1.29 is 9.53 Å². The smallest absolute Gasteiger partial charge is 0.222 e. The minimum Gasteiger partial charge on any atom is -0.375 e. The van der Waals surface area contributed by atoms with Gasteiger partial charge < -0.3 is 15.4 Å². The van der Waals surface area contributed by atoms with E-state index in [1.807, 2.05) is 11.4 Å². The van der Waals surface area contributed by atoms with Crippen molar-refractivity contribution in [2.75, 3.05) is 19.7 Å². The first-order valence-electron chi connectivity index (χ1n) is 5.56. The largest absolute Gasteiger partial charge is 0.375 e. The molecule has 94 valence electrons. The molecule has 1 saturated heterocycles. The molecule has 6 heteroatoms. The van der Waals surface area contributed by atoms with Crippen molar-refractivity contribution in [2.45, 2.75) is 19.1 Å². The number of carbonyl (C=O) groups is 1. The fourth-order valence-electron chi connectivity index (χ4n) is 1.66. The van der Waals surface area contributed by atoms with Crippen LogP contribution in [0.15, 0.2) is 15.9 Å². The summed E-state index contributed by atoms with van der Waals surface area (Å²) in [5.74, 6) is 0.0407. The summed E-state index contributed by atoms with van der Waals surface area (Å²) in [6.07, 6.45) is 0.436. The van der Waals surface area contributed by atoms with Gasteiger partial charge in [0, 0.05) is 22.4 Å². The minimum atomic E-state index is 0.00975. The lowest BCUT2D eigenvalue weighted by Crippen LogP contribution is -2.41. The van der Waals surface area contributed by atoms with Crippen LogP contribution in [0, 0.1) is 0 Å². The van der Waals surface area contributed by atoms with Crippen molar-refractivity contribution in [1.29, 1.82) is 0 Å². The summed E-state index contributed by atoms with van der Waals surface area (Å²) in [6.45, 7) is 2.90. The third-order valence-corrected chi connectivity index (χ3v) is 4.48. The number of carbonyl (C=O) groups excluding carboxylic acids is 1. The van der Waals surface area contributed by atoms with Gasteiger partial charge >= 0.3 is 0 Å². The van der Waals surface area contributed by atoms with Crippen molar-refractivity contribution in [2.24, 2.45) is 0 Å². The quantitative estimate of drug-likeness (QED) is 0.884. The van der Waals surface area contributed by atoms with Crippen molar-refractivity contribution in [1.82, 2.24) is 10.6 Å². The van der Waals surface area contributed by atoms with Crippen LogP contribution in [0.5, 0.6) is 0 Å². The number of halogens is 1. The predicted molar refractivity (Wildman–Crippen MR) is 71.1 cm³/mol. The van der Waals surface area contributed by atoms with E-state index in [0.29, 0.717) is 19.6 Å². The molecule has 0 spiro atoms. The third kappa shape index (κ3) is 4.06. The van der Waals surface area contributed by atoms with E-state index in [2.05, 4.69) is 26.6 Å². The summed E-state index contributed by atoms with van der Waals surface area (Å²) in [5.41, 5.74) is 0. The lowest BCUT2D eigenvalue weighted by atomic mass is 10.2. The van der Waals surface area contributed by atoms with E-state index in [1.165, 1.54) is 0 Å². The normalized spacial score (nSPS) is 20.2. The lowest BCUT2D eigenvalue weighted by Gasteiger charge is -2.22. The zero-order valence-electron chi connectivity index (χ0n) is 9.37. The monoisotopic (exact) mass is 318 g/mol. The Morgan fingerprint density at radius 1 is 1.71 bits per heavy atom. The molecule has 4 nitrogen and oxygen atoms in total. The summed E-state index contributed by atoms with van der Waals surface area (Å²) in [6, 6.07) is 1.99. The number of ether oxygens (including phenoxy) is 1. The number of nitrogens with one attached hydrogen (secondary N) is 2. The van der Waals surface area contributed by atoms with E-state index >= 15 is 0 Å². The standard InChI is InChI=1S/C11H15BrN2O2S/c12-9-1-4-17-10(9)7-14-11(15)5-8-6-13-2-3-16-8/h1,4,8,13H,2-3,5-7H2,(H,14,15). The average Bonchev–Trinajstić information content (AvgIpc) is 2.74. The first-order chi connectivity index (χ1) is 8.25. The molecule has 2 rings (SSSR count). The fourth-order valence-corrected chi connectivity index (χ4v) is 3.09. The first kappa shape index (κ1) is 13.0. The van der Waals surface area contributed by atoms with Crippen LogP contribution in [0.3, 0.4) is 0 Å². The van der Waals surface area contributed by atoms with Crippen molar-refractivity contribution in [3.05, 3.63) is 20.8 Å². The molecule has 1 aromatic heterocycles. The second kappa shape index (κ2) is 6.49. The third-order valence-electron chi connectivity index (χ3n) is 2.55. The topological polar surface area (TPSA) is 50.4 Å². The maximum Gasteiger partial charge on any atom is 0.222 e. The Balaban J connectivity index is 1.72. The Kier molecular flexibility index (Phi) is 4.97. The maximum atomic E-state index is 11.7. The summed E-state index contributed by atoms with van der Waals surface area (Å²) in [7, 11) is 0. The molecular formula is C11H15BrN2O2S. The molecule has 1 aliphatic rings. The molecule has 17 heavy (non-hydrogen) atoms. The maximum absolute atomic E-state index is 11.7. The van der Waals surface area contributed by atoms with E-state index in [0.717, 1.165) is 22.4 Å². The zero-order chi connectivity index (χ0) is 12.1. The van der Waals surface area contributed by atoms with Gasteiger partial charge in [0.1, 0.15) is 0 Å². The molecule has 0 bridgehead atoms. The molecule has 0 radical (unpaired) electrons. The molecule has 1 unspecified atom stereocenters. The van der Waals surface area contributed by atoms with Crippen molar-refractivity contribution >= 4 is 33.2 Å². The van der Waals surface area contributed by atoms with Gasteiger partial charge in [-0.1, -0.05) is 0 Å². The summed E-state index contributed by atoms with van der Waals surface area (Å²) >= 11 is 5.07. The second-order valence-corrected chi connectivity index (χ2v) is 5.72. The van der Waals surface area contributed by atoms with E-state index in [1.54, 1.807) is 11.3 Å². The highest BCUT2D eigenvalue weighted by atomic mass is 79.9. The molecule has 0 aromatic carbocycles. The Hall–Kier alpha value is -0.430. The molecule has 1 amide bonds. The summed E-state index contributed by atoms with van der Waals surface area (Å²) in [5, 5.41) is 8.12. The van der Waals surface area contributed by atoms with Crippen LogP contribution in [0.1, 0.15) is 11.3 Å². The van der Waals surface area contributed by atoms with Gasteiger partial charge in [-0.2, -0.15) is 0 Å².